The highest BCUT2D eigenvalue weighted by Gasteiger charge is 2.27. The third-order valence-electron chi connectivity index (χ3n) is 8.66. The van der Waals surface area contributed by atoms with Crippen LogP contribution in [-0.2, 0) is 17.6 Å². The number of halogens is 3. The number of carbonyl (C=O) groups is 1. The molecule has 0 saturated carbocycles. The molecule has 3 aromatic rings. The SMILES string of the molecule is Cl.Cl.Nc1nc(C2=CCC(CC(N)C(=O)O)CC2)cc(N2CCC(=C3c4ccc(Cl)cc4CCc4cccnc43)CC2)n1. The van der Waals surface area contributed by atoms with Crippen LogP contribution in [-0.4, -0.2) is 45.2 Å². The highest BCUT2D eigenvalue weighted by atomic mass is 35.5. The van der Waals surface area contributed by atoms with Crippen LogP contribution in [0.2, 0.25) is 5.02 Å². The van der Waals surface area contributed by atoms with Gasteiger partial charge in [-0.1, -0.05) is 35.4 Å². The number of aliphatic carboxylic acids is 1. The number of hydrogen-bond donors (Lipinski definition) is 3. The van der Waals surface area contributed by atoms with E-state index in [0.717, 1.165) is 85.8 Å². The second-order valence-corrected chi connectivity index (χ2v) is 11.7. The van der Waals surface area contributed by atoms with Crippen LogP contribution in [0.5, 0.6) is 0 Å². The number of aryl methyl sites for hydroxylation is 2. The molecule has 228 valence electrons. The minimum absolute atomic E-state index is 0. The Hall–Kier alpha value is -3.17. The number of carboxylic acid groups (broad SMARTS) is 1. The fourth-order valence-electron chi connectivity index (χ4n) is 6.46. The average molecular weight is 644 g/mol. The Balaban J connectivity index is 0.00000212. The summed E-state index contributed by atoms with van der Waals surface area (Å²) in [6.45, 7) is 1.65. The molecule has 1 aromatic carbocycles. The summed E-state index contributed by atoms with van der Waals surface area (Å²) in [6, 6.07) is 11.7. The number of benzene rings is 1. The smallest absolute Gasteiger partial charge is 0.320 e. The van der Waals surface area contributed by atoms with Crippen molar-refractivity contribution in [2.75, 3.05) is 23.7 Å². The van der Waals surface area contributed by atoms with Crippen LogP contribution in [0.3, 0.4) is 0 Å². The summed E-state index contributed by atoms with van der Waals surface area (Å²) >= 11 is 6.39. The highest BCUT2D eigenvalue weighted by Crippen LogP contribution is 2.39. The third kappa shape index (κ3) is 7.15. The standard InChI is InChI=1S/C32H35ClN6O2.2ClH/c33-24-9-10-25-23(17-24)8-7-22-2-1-13-36-30(22)29(25)21-11-14-39(15-12-21)28-18-27(37-32(35)38-28)20-5-3-19(4-6-20)16-26(34)31(40)41;;/h1-2,5,9-10,13,17-19,26H,3-4,6-8,11-12,14-16,34H2,(H,40,41)(H2,35,37,38);2*1H. The van der Waals surface area contributed by atoms with Gasteiger partial charge in [0.1, 0.15) is 11.9 Å². The lowest BCUT2D eigenvalue weighted by Crippen LogP contribution is -2.32. The summed E-state index contributed by atoms with van der Waals surface area (Å²) in [6.07, 6.45) is 10.7. The van der Waals surface area contributed by atoms with Crippen molar-refractivity contribution < 1.29 is 9.90 Å². The molecule has 1 fully saturated rings. The summed E-state index contributed by atoms with van der Waals surface area (Å²) in [5, 5.41) is 9.91. The van der Waals surface area contributed by atoms with Crippen LogP contribution in [0.15, 0.2) is 54.2 Å². The maximum atomic E-state index is 11.1. The van der Waals surface area contributed by atoms with Crippen molar-refractivity contribution in [2.45, 2.75) is 57.4 Å². The first-order valence-electron chi connectivity index (χ1n) is 14.4. The van der Waals surface area contributed by atoms with Gasteiger partial charge in [0.05, 0.1) is 11.4 Å². The summed E-state index contributed by atoms with van der Waals surface area (Å²) in [5.41, 5.74) is 21.5. The van der Waals surface area contributed by atoms with Crippen LogP contribution >= 0.6 is 36.4 Å². The molecular formula is C32H37Cl3N6O2. The second kappa shape index (κ2) is 14.1. The van der Waals surface area contributed by atoms with Crippen LogP contribution < -0.4 is 16.4 Å². The lowest BCUT2D eigenvalue weighted by atomic mass is 9.84. The molecule has 2 aromatic heterocycles. The molecule has 0 amide bonds. The fraction of sp³-hybridized carbons (Fsp3) is 0.375. The Morgan fingerprint density at radius 2 is 1.81 bits per heavy atom. The number of hydrogen-bond acceptors (Lipinski definition) is 7. The summed E-state index contributed by atoms with van der Waals surface area (Å²) in [7, 11) is 0. The van der Waals surface area contributed by atoms with E-state index in [1.165, 1.54) is 27.8 Å². The molecule has 1 saturated heterocycles. The molecule has 0 spiro atoms. The van der Waals surface area contributed by atoms with Crippen molar-refractivity contribution >= 4 is 65.3 Å². The minimum Gasteiger partial charge on any atom is -0.480 e. The second-order valence-electron chi connectivity index (χ2n) is 11.3. The Morgan fingerprint density at radius 3 is 2.53 bits per heavy atom. The molecule has 2 atom stereocenters. The number of rotatable bonds is 5. The van der Waals surface area contributed by atoms with E-state index in [9.17, 15) is 4.79 Å². The number of piperidine rings is 1. The molecule has 11 heteroatoms. The highest BCUT2D eigenvalue weighted by molar-refractivity contribution is 6.30. The van der Waals surface area contributed by atoms with E-state index in [1.54, 1.807) is 0 Å². The number of allylic oxidation sites excluding steroid dienone is 2. The van der Waals surface area contributed by atoms with Crippen molar-refractivity contribution in [3.8, 4) is 0 Å². The molecule has 3 heterocycles. The van der Waals surface area contributed by atoms with Crippen molar-refractivity contribution in [2.24, 2.45) is 11.7 Å². The zero-order valence-electron chi connectivity index (χ0n) is 23.8. The largest absolute Gasteiger partial charge is 0.480 e. The van der Waals surface area contributed by atoms with Crippen molar-refractivity contribution in [3.63, 3.8) is 0 Å². The number of nitrogens with two attached hydrogens (primary N) is 2. The predicted molar refractivity (Wildman–Crippen MR) is 177 cm³/mol. The average Bonchev–Trinajstić information content (AvgIpc) is 3.14. The molecule has 2 unspecified atom stereocenters. The van der Waals surface area contributed by atoms with Gasteiger partial charge in [-0.15, -0.1) is 24.8 Å². The molecule has 1 aliphatic heterocycles. The fourth-order valence-corrected chi connectivity index (χ4v) is 6.66. The normalized spacial score (nSPS) is 18.7. The number of nitrogens with zero attached hydrogens (tertiary/aromatic N) is 4. The Labute approximate surface area is 269 Å². The Morgan fingerprint density at radius 1 is 1.05 bits per heavy atom. The first kappa shape index (κ1) is 32.7. The Kier molecular flexibility index (Phi) is 10.7. The molecule has 0 radical (unpaired) electrons. The molecule has 5 N–H and O–H groups in total. The number of fused-ring (bicyclic) bond motifs is 2. The maximum Gasteiger partial charge on any atom is 0.320 e. The number of anilines is 2. The Bertz CT molecular complexity index is 1550. The van der Waals surface area contributed by atoms with Crippen LogP contribution in [0.1, 0.15) is 66.6 Å². The van der Waals surface area contributed by atoms with E-state index in [-0.39, 0.29) is 36.7 Å². The predicted octanol–water partition coefficient (Wildman–Crippen LogP) is 6.14. The molecular weight excluding hydrogens is 607 g/mol. The number of nitrogen functional groups attached to an aromatic ring is 1. The lowest BCUT2D eigenvalue weighted by Gasteiger charge is -2.31. The quantitative estimate of drug-likeness (QED) is 0.302. The van der Waals surface area contributed by atoms with Gasteiger partial charge in [0.25, 0.3) is 0 Å². The number of aromatic nitrogens is 3. The monoisotopic (exact) mass is 642 g/mol. The molecule has 6 rings (SSSR count). The zero-order chi connectivity index (χ0) is 28.5. The van der Waals surface area contributed by atoms with Crippen molar-refractivity contribution in [1.29, 1.82) is 0 Å². The molecule has 3 aliphatic rings. The topological polar surface area (TPSA) is 131 Å². The number of carboxylic acids is 1. The van der Waals surface area contributed by atoms with Crippen molar-refractivity contribution in [3.05, 3.63) is 87.3 Å². The van der Waals surface area contributed by atoms with Crippen LogP contribution in [0, 0.1) is 5.92 Å². The van der Waals surface area contributed by atoms with Gasteiger partial charge in [-0.05, 0) is 97.7 Å². The minimum atomic E-state index is -0.943. The third-order valence-corrected chi connectivity index (χ3v) is 8.89. The van der Waals surface area contributed by atoms with E-state index < -0.39 is 12.0 Å². The zero-order valence-corrected chi connectivity index (χ0v) is 26.2. The van der Waals surface area contributed by atoms with Gasteiger partial charge < -0.3 is 21.5 Å². The first-order chi connectivity index (χ1) is 19.9. The van der Waals surface area contributed by atoms with E-state index in [4.69, 9.17) is 33.2 Å². The molecule has 2 aliphatic carbocycles. The van der Waals surface area contributed by atoms with Gasteiger partial charge in [-0.25, -0.2) is 4.98 Å². The van der Waals surface area contributed by atoms with Gasteiger partial charge >= 0.3 is 5.97 Å². The molecule has 8 nitrogen and oxygen atoms in total. The van der Waals surface area contributed by atoms with E-state index in [1.807, 2.05) is 24.4 Å². The van der Waals surface area contributed by atoms with Gasteiger partial charge in [0.2, 0.25) is 5.95 Å². The van der Waals surface area contributed by atoms with Crippen LogP contribution in [0.4, 0.5) is 11.8 Å². The van der Waals surface area contributed by atoms with E-state index >= 15 is 0 Å². The molecule has 43 heavy (non-hydrogen) atoms. The van der Waals surface area contributed by atoms with E-state index in [2.05, 4.69) is 39.1 Å². The van der Waals surface area contributed by atoms with Gasteiger partial charge in [-0.2, -0.15) is 4.98 Å². The van der Waals surface area contributed by atoms with Crippen LogP contribution in [0.25, 0.3) is 11.1 Å². The van der Waals surface area contributed by atoms with Gasteiger partial charge in [0.15, 0.2) is 0 Å². The van der Waals surface area contributed by atoms with Gasteiger partial charge in [-0.3, -0.25) is 9.78 Å². The lowest BCUT2D eigenvalue weighted by molar-refractivity contribution is -0.139. The summed E-state index contributed by atoms with van der Waals surface area (Å²) in [5.74, 6) is 0.438. The number of pyridine rings is 1. The summed E-state index contributed by atoms with van der Waals surface area (Å²) in [4.78, 5) is 27.4. The van der Waals surface area contributed by atoms with Crippen molar-refractivity contribution in [1.82, 2.24) is 15.0 Å². The van der Waals surface area contributed by atoms with Gasteiger partial charge in [0, 0.05) is 35.9 Å². The van der Waals surface area contributed by atoms with E-state index in [0.29, 0.717) is 6.42 Å². The summed E-state index contributed by atoms with van der Waals surface area (Å²) < 4.78 is 0. The first-order valence-corrected chi connectivity index (χ1v) is 14.8. The molecule has 0 bridgehead atoms. The maximum absolute atomic E-state index is 11.1.